The van der Waals surface area contributed by atoms with E-state index in [1.807, 2.05) is 12.1 Å². The van der Waals surface area contributed by atoms with Gasteiger partial charge in [0.05, 0.1) is 10.5 Å². The monoisotopic (exact) mass is 445 g/mol. The molecule has 1 N–H and O–H groups in total. The number of hydrogen-bond acceptors (Lipinski definition) is 5. The van der Waals surface area contributed by atoms with Gasteiger partial charge >= 0.3 is 0 Å². The summed E-state index contributed by atoms with van der Waals surface area (Å²) >= 11 is 0. The summed E-state index contributed by atoms with van der Waals surface area (Å²) in [5, 5.41) is 13.6. The van der Waals surface area contributed by atoms with Crippen LogP contribution < -0.4 is 10.1 Å². The number of nitrogens with one attached hydrogen (secondary N) is 1. The van der Waals surface area contributed by atoms with E-state index in [1.165, 1.54) is 12.1 Å². The lowest BCUT2D eigenvalue weighted by atomic mass is 10.0. The summed E-state index contributed by atoms with van der Waals surface area (Å²) in [6.45, 7) is 1.40. The van der Waals surface area contributed by atoms with Crippen molar-refractivity contribution in [2.45, 2.75) is 12.8 Å². The Labute approximate surface area is 190 Å². The molecule has 0 spiro atoms. The highest BCUT2D eigenvalue weighted by Crippen LogP contribution is 2.25. The Balaban J connectivity index is 1.41. The Morgan fingerprint density at radius 3 is 2.15 bits per heavy atom. The summed E-state index contributed by atoms with van der Waals surface area (Å²) in [5.74, 6) is -0.0723. The smallest absolute Gasteiger partial charge is 0.269 e. The van der Waals surface area contributed by atoms with Crippen LogP contribution in [0.3, 0.4) is 0 Å². The molecule has 0 saturated carbocycles. The second kappa shape index (κ2) is 9.95. The van der Waals surface area contributed by atoms with Crippen molar-refractivity contribution in [1.29, 1.82) is 0 Å². The highest BCUT2D eigenvalue weighted by molar-refractivity contribution is 6.06. The lowest BCUT2D eigenvalue weighted by Gasteiger charge is -2.16. The topological polar surface area (TPSA) is 102 Å². The maximum absolute atomic E-state index is 12.8. The molecule has 1 saturated heterocycles. The molecule has 8 heteroatoms. The predicted molar refractivity (Wildman–Crippen MR) is 124 cm³/mol. The molecule has 0 radical (unpaired) electrons. The molecule has 0 aliphatic carbocycles. The number of non-ortho nitro benzene ring substituents is 1. The van der Waals surface area contributed by atoms with Crippen LogP contribution in [0, 0.1) is 10.1 Å². The van der Waals surface area contributed by atoms with Gasteiger partial charge in [-0.15, -0.1) is 0 Å². The van der Waals surface area contributed by atoms with Crippen LogP contribution in [0.1, 0.15) is 23.2 Å². The number of benzene rings is 3. The number of nitrogens with zero attached hydrogens (tertiary/aromatic N) is 2. The van der Waals surface area contributed by atoms with Gasteiger partial charge in [0.15, 0.2) is 6.61 Å². The summed E-state index contributed by atoms with van der Waals surface area (Å²) < 4.78 is 5.67. The molecule has 0 aromatic heterocycles. The SMILES string of the molecule is O=C(Nc1ccc(-c2ccc([N+](=O)[O-])cc2)cc1)c1ccccc1OCC(=O)N1CCCC1. The number of ether oxygens (including phenoxy) is 1. The highest BCUT2D eigenvalue weighted by Gasteiger charge is 2.19. The standard InChI is InChI=1S/C25H23N3O5/c29-24(27-15-3-4-16-27)17-33-23-6-2-1-5-22(23)25(30)26-20-11-7-18(8-12-20)19-9-13-21(14-10-19)28(31)32/h1-2,5-14H,3-4,15-17H2,(H,26,30). The van der Waals surface area contributed by atoms with E-state index in [2.05, 4.69) is 5.32 Å². The molecular weight excluding hydrogens is 422 g/mol. The molecule has 0 unspecified atom stereocenters. The Bertz CT molecular complexity index is 1150. The second-order valence-corrected chi connectivity index (χ2v) is 7.71. The highest BCUT2D eigenvalue weighted by atomic mass is 16.6. The third kappa shape index (κ3) is 5.35. The first-order valence-electron chi connectivity index (χ1n) is 10.7. The maximum Gasteiger partial charge on any atom is 0.269 e. The maximum atomic E-state index is 12.8. The quantitative estimate of drug-likeness (QED) is 0.426. The van der Waals surface area contributed by atoms with Gasteiger partial charge in [-0.25, -0.2) is 0 Å². The molecule has 1 aliphatic rings. The molecule has 168 valence electrons. The van der Waals surface area contributed by atoms with Crippen molar-refractivity contribution >= 4 is 23.2 Å². The summed E-state index contributed by atoms with van der Waals surface area (Å²) in [6, 6.07) is 20.3. The number of nitro benzene ring substituents is 1. The first-order valence-corrected chi connectivity index (χ1v) is 10.7. The Morgan fingerprint density at radius 1 is 0.909 bits per heavy atom. The third-order valence-corrected chi connectivity index (χ3v) is 5.50. The van der Waals surface area contributed by atoms with Gasteiger partial charge in [0.1, 0.15) is 5.75 Å². The van der Waals surface area contributed by atoms with Crippen LogP contribution in [0.4, 0.5) is 11.4 Å². The van der Waals surface area contributed by atoms with E-state index in [0.717, 1.165) is 37.1 Å². The molecule has 0 bridgehead atoms. The van der Waals surface area contributed by atoms with Crippen molar-refractivity contribution < 1.29 is 19.2 Å². The van der Waals surface area contributed by atoms with Crippen molar-refractivity contribution in [3.63, 3.8) is 0 Å². The zero-order chi connectivity index (χ0) is 23.2. The van der Waals surface area contributed by atoms with Crippen molar-refractivity contribution in [2.24, 2.45) is 0 Å². The van der Waals surface area contributed by atoms with Crippen LogP contribution >= 0.6 is 0 Å². The number of nitro groups is 1. The van der Waals surface area contributed by atoms with Crippen molar-refractivity contribution in [1.82, 2.24) is 4.90 Å². The fourth-order valence-electron chi connectivity index (χ4n) is 3.70. The number of rotatable bonds is 7. The van der Waals surface area contributed by atoms with E-state index in [4.69, 9.17) is 4.74 Å². The second-order valence-electron chi connectivity index (χ2n) is 7.71. The average molecular weight is 445 g/mol. The molecule has 8 nitrogen and oxygen atoms in total. The van der Waals surface area contributed by atoms with Crippen molar-refractivity contribution in [3.8, 4) is 16.9 Å². The Kier molecular flexibility index (Phi) is 6.64. The van der Waals surface area contributed by atoms with Gasteiger partial charge < -0.3 is 15.0 Å². The van der Waals surface area contributed by atoms with Crippen LogP contribution in [0.2, 0.25) is 0 Å². The lowest BCUT2D eigenvalue weighted by molar-refractivity contribution is -0.384. The lowest BCUT2D eigenvalue weighted by Crippen LogP contribution is -2.32. The zero-order valence-electron chi connectivity index (χ0n) is 17.9. The molecule has 3 aromatic rings. The predicted octanol–water partition coefficient (Wildman–Crippen LogP) is 4.52. The number of carbonyl (C=O) groups is 2. The number of anilines is 1. The molecule has 1 aliphatic heterocycles. The Morgan fingerprint density at radius 2 is 1.52 bits per heavy atom. The molecule has 3 aromatic carbocycles. The van der Waals surface area contributed by atoms with Crippen LogP contribution in [0.5, 0.6) is 5.75 Å². The van der Waals surface area contributed by atoms with Gasteiger partial charge in [0.2, 0.25) is 0 Å². The van der Waals surface area contributed by atoms with Crippen LogP contribution in [0.15, 0.2) is 72.8 Å². The van der Waals surface area contributed by atoms with Gasteiger partial charge in [-0.05, 0) is 60.4 Å². The van der Waals surface area contributed by atoms with Gasteiger partial charge in [-0.1, -0.05) is 24.3 Å². The Hall–Kier alpha value is -4.20. The zero-order valence-corrected chi connectivity index (χ0v) is 17.9. The van der Waals surface area contributed by atoms with E-state index in [-0.39, 0.29) is 24.1 Å². The number of amides is 2. The van der Waals surface area contributed by atoms with E-state index >= 15 is 0 Å². The summed E-state index contributed by atoms with van der Waals surface area (Å²) in [5.41, 5.74) is 2.66. The molecule has 0 atom stereocenters. The van der Waals surface area contributed by atoms with Crippen LogP contribution in [0.25, 0.3) is 11.1 Å². The van der Waals surface area contributed by atoms with Crippen molar-refractivity contribution in [2.75, 3.05) is 25.0 Å². The third-order valence-electron chi connectivity index (χ3n) is 5.50. The minimum Gasteiger partial charge on any atom is -0.483 e. The fourth-order valence-corrected chi connectivity index (χ4v) is 3.70. The number of carbonyl (C=O) groups excluding carboxylic acids is 2. The van der Waals surface area contributed by atoms with E-state index < -0.39 is 4.92 Å². The van der Waals surface area contributed by atoms with Gasteiger partial charge in [0.25, 0.3) is 17.5 Å². The van der Waals surface area contributed by atoms with Gasteiger partial charge in [-0.2, -0.15) is 0 Å². The molecule has 33 heavy (non-hydrogen) atoms. The van der Waals surface area contributed by atoms with Gasteiger partial charge in [-0.3, -0.25) is 19.7 Å². The molecule has 2 amide bonds. The van der Waals surface area contributed by atoms with Crippen LogP contribution in [-0.4, -0.2) is 41.3 Å². The summed E-state index contributed by atoms with van der Waals surface area (Å²) in [7, 11) is 0. The average Bonchev–Trinajstić information content (AvgIpc) is 3.38. The number of para-hydroxylation sites is 1. The van der Waals surface area contributed by atoms with Crippen LogP contribution in [-0.2, 0) is 4.79 Å². The normalized spacial score (nSPS) is 12.9. The summed E-state index contributed by atoms with van der Waals surface area (Å²) in [4.78, 5) is 37.2. The minimum absolute atomic E-state index is 0.0330. The number of hydrogen-bond donors (Lipinski definition) is 1. The van der Waals surface area contributed by atoms with Crippen molar-refractivity contribution in [3.05, 3.63) is 88.5 Å². The van der Waals surface area contributed by atoms with E-state index in [1.54, 1.807) is 53.4 Å². The molecule has 4 rings (SSSR count). The first kappa shape index (κ1) is 22.0. The largest absolute Gasteiger partial charge is 0.483 e. The molecular formula is C25H23N3O5. The fraction of sp³-hybridized carbons (Fsp3) is 0.200. The van der Waals surface area contributed by atoms with E-state index in [0.29, 0.717) is 17.0 Å². The van der Waals surface area contributed by atoms with Gasteiger partial charge in [0, 0.05) is 30.9 Å². The molecule has 1 heterocycles. The molecule has 1 fully saturated rings. The first-order chi connectivity index (χ1) is 16.0. The van der Waals surface area contributed by atoms with E-state index in [9.17, 15) is 19.7 Å². The summed E-state index contributed by atoms with van der Waals surface area (Å²) in [6.07, 6.45) is 2.02. The minimum atomic E-state index is -0.438. The number of likely N-dealkylation sites (tertiary alicyclic amines) is 1.